The van der Waals surface area contributed by atoms with E-state index in [2.05, 4.69) is 10.9 Å². The Morgan fingerprint density at radius 3 is 2.21 bits per heavy atom. The van der Waals surface area contributed by atoms with E-state index in [1.54, 1.807) is 42.5 Å². The van der Waals surface area contributed by atoms with E-state index in [1.165, 1.54) is 11.0 Å². The maximum atomic E-state index is 13.8. The number of benzene rings is 3. The SMILES string of the molecule is Cc1cc(C)cc(N2C(=O)/C(=C(\NNC=O)c3ccccc3)c3ccc(C(F)(F)F)cc32)c1. The zero-order valence-electron chi connectivity index (χ0n) is 17.8. The quantitative estimate of drug-likeness (QED) is 0.322. The summed E-state index contributed by atoms with van der Waals surface area (Å²) in [5.74, 6) is -0.506. The number of hydrogen-bond donors (Lipinski definition) is 2. The molecule has 1 aliphatic rings. The molecule has 0 fully saturated rings. The Bertz CT molecular complexity index is 1250. The predicted molar refractivity (Wildman–Crippen MR) is 120 cm³/mol. The summed E-state index contributed by atoms with van der Waals surface area (Å²) in [6, 6.07) is 17.4. The first-order valence-electron chi connectivity index (χ1n) is 10.1. The molecule has 0 unspecified atom stereocenters. The van der Waals surface area contributed by atoms with Gasteiger partial charge in [-0.05, 0) is 49.2 Å². The van der Waals surface area contributed by atoms with Gasteiger partial charge in [-0.1, -0.05) is 42.5 Å². The van der Waals surface area contributed by atoms with Gasteiger partial charge in [0.25, 0.3) is 5.91 Å². The molecule has 0 saturated carbocycles. The zero-order chi connectivity index (χ0) is 23.8. The van der Waals surface area contributed by atoms with Crippen LogP contribution < -0.4 is 15.8 Å². The summed E-state index contributed by atoms with van der Waals surface area (Å²) in [6.45, 7) is 3.71. The number of halogens is 3. The van der Waals surface area contributed by atoms with Crippen LogP contribution in [0.5, 0.6) is 0 Å². The number of rotatable bonds is 5. The molecule has 2 amide bonds. The number of nitrogens with one attached hydrogen (secondary N) is 2. The van der Waals surface area contributed by atoms with Crippen molar-refractivity contribution in [3.8, 4) is 0 Å². The molecule has 0 atom stereocenters. The Kier molecular flexibility index (Phi) is 5.68. The van der Waals surface area contributed by atoms with Gasteiger partial charge in [0.1, 0.15) is 0 Å². The Morgan fingerprint density at radius 1 is 0.939 bits per heavy atom. The van der Waals surface area contributed by atoms with Crippen molar-refractivity contribution < 1.29 is 22.8 Å². The fourth-order valence-corrected chi connectivity index (χ4v) is 4.00. The fourth-order valence-electron chi connectivity index (χ4n) is 4.00. The molecule has 3 aromatic rings. The maximum absolute atomic E-state index is 13.8. The zero-order valence-corrected chi connectivity index (χ0v) is 17.8. The second-order valence-corrected chi connectivity index (χ2v) is 7.72. The second kappa shape index (κ2) is 8.46. The Balaban J connectivity index is 2.02. The van der Waals surface area contributed by atoms with Gasteiger partial charge in [-0.2, -0.15) is 13.2 Å². The van der Waals surface area contributed by atoms with Crippen LogP contribution >= 0.6 is 0 Å². The number of fused-ring (bicyclic) bond motifs is 1. The molecule has 168 valence electrons. The minimum absolute atomic E-state index is 0.121. The molecular formula is C25H20F3N3O2. The van der Waals surface area contributed by atoms with Crippen molar-refractivity contribution in [2.45, 2.75) is 20.0 Å². The first kappa shape index (κ1) is 22.1. The lowest BCUT2D eigenvalue weighted by molar-refractivity contribution is -0.137. The number of hydrazine groups is 1. The molecule has 33 heavy (non-hydrogen) atoms. The number of alkyl halides is 3. The molecule has 5 nitrogen and oxygen atoms in total. The second-order valence-electron chi connectivity index (χ2n) is 7.72. The minimum atomic E-state index is -4.57. The van der Waals surface area contributed by atoms with E-state index in [9.17, 15) is 22.8 Å². The van der Waals surface area contributed by atoms with Crippen molar-refractivity contribution in [2.75, 3.05) is 4.90 Å². The van der Waals surface area contributed by atoms with Crippen LogP contribution in [0, 0.1) is 13.8 Å². The minimum Gasteiger partial charge on any atom is -0.297 e. The molecule has 0 bridgehead atoms. The van der Waals surface area contributed by atoms with Gasteiger partial charge in [0, 0.05) is 16.8 Å². The van der Waals surface area contributed by atoms with Crippen molar-refractivity contribution >= 4 is 35.0 Å². The number of aryl methyl sites for hydroxylation is 2. The van der Waals surface area contributed by atoms with E-state index in [0.29, 0.717) is 23.2 Å². The van der Waals surface area contributed by atoms with Crippen LogP contribution in [0.15, 0.2) is 66.7 Å². The van der Waals surface area contributed by atoms with Crippen LogP contribution in [-0.4, -0.2) is 12.3 Å². The van der Waals surface area contributed by atoms with Gasteiger partial charge in [0.15, 0.2) is 0 Å². The van der Waals surface area contributed by atoms with Gasteiger partial charge in [-0.25, -0.2) is 0 Å². The van der Waals surface area contributed by atoms with Crippen molar-refractivity contribution in [2.24, 2.45) is 0 Å². The van der Waals surface area contributed by atoms with Crippen molar-refractivity contribution in [1.29, 1.82) is 0 Å². The van der Waals surface area contributed by atoms with Crippen molar-refractivity contribution in [3.05, 3.63) is 94.5 Å². The molecule has 1 heterocycles. The number of carbonyl (C=O) groups is 2. The fraction of sp³-hybridized carbons (Fsp3) is 0.120. The topological polar surface area (TPSA) is 61.4 Å². The molecule has 0 saturated heterocycles. The van der Waals surface area contributed by atoms with Crippen LogP contribution in [0.2, 0.25) is 0 Å². The van der Waals surface area contributed by atoms with Crippen LogP contribution in [0.3, 0.4) is 0 Å². The first-order chi connectivity index (χ1) is 15.7. The summed E-state index contributed by atoms with van der Waals surface area (Å²) in [7, 11) is 0. The molecule has 8 heteroatoms. The summed E-state index contributed by atoms with van der Waals surface area (Å²) in [6.07, 6.45) is -4.16. The molecule has 0 aromatic heterocycles. The molecule has 3 aromatic carbocycles. The van der Waals surface area contributed by atoms with Gasteiger partial charge in [0.05, 0.1) is 22.5 Å². The average molecular weight is 451 g/mol. The monoisotopic (exact) mass is 451 g/mol. The maximum Gasteiger partial charge on any atom is 0.416 e. The van der Waals surface area contributed by atoms with E-state index < -0.39 is 17.6 Å². The van der Waals surface area contributed by atoms with Gasteiger partial charge in [-0.15, -0.1) is 0 Å². The summed E-state index contributed by atoms with van der Waals surface area (Å²) >= 11 is 0. The third kappa shape index (κ3) is 4.19. The molecule has 1 aliphatic heterocycles. The Labute approximate surface area is 188 Å². The van der Waals surface area contributed by atoms with E-state index in [0.717, 1.165) is 23.3 Å². The number of amides is 2. The summed E-state index contributed by atoms with van der Waals surface area (Å²) in [5.41, 5.74) is 7.88. The Morgan fingerprint density at radius 2 is 1.61 bits per heavy atom. The number of anilines is 2. The van der Waals surface area contributed by atoms with E-state index in [4.69, 9.17) is 0 Å². The average Bonchev–Trinajstić information content (AvgIpc) is 3.05. The smallest absolute Gasteiger partial charge is 0.297 e. The van der Waals surface area contributed by atoms with Crippen LogP contribution in [-0.2, 0) is 15.8 Å². The molecule has 0 spiro atoms. The van der Waals surface area contributed by atoms with Gasteiger partial charge < -0.3 is 0 Å². The van der Waals surface area contributed by atoms with Crippen LogP contribution in [0.25, 0.3) is 11.3 Å². The lowest BCUT2D eigenvalue weighted by Gasteiger charge is -2.20. The lowest BCUT2D eigenvalue weighted by atomic mass is 9.99. The standard InChI is InChI=1S/C25H20F3N3O2/c1-15-10-16(2)12-19(11-15)31-21-13-18(25(26,27)28)8-9-20(21)22(24(31)33)23(30-29-14-32)17-6-4-3-5-7-17/h3-14,30H,1-2H3,(H,29,32)/b23-22-. The molecule has 4 rings (SSSR count). The highest BCUT2D eigenvalue weighted by Gasteiger charge is 2.39. The van der Waals surface area contributed by atoms with E-state index >= 15 is 0 Å². The summed E-state index contributed by atoms with van der Waals surface area (Å²) in [4.78, 5) is 26.0. The van der Waals surface area contributed by atoms with Crippen LogP contribution in [0.1, 0.15) is 27.8 Å². The van der Waals surface area contributed by atoms with Gasteiger partial charge >= 0.3 is 6.18 Å². The molecule has 0 radical (unpaired) electrons. The van der Waals surface area contributed by atoms with E-state index in [-0.39, 0.29) is 17.0 Å². The first-order valence-corrected chi connectivity index (χ1v) is 10.1. The third-order valence-electron chi connectivity index (χ3n) is 5.29. The third-order valence-corrected chi connectivity index (χ3v) is 5.29. The highest BCUT2D eigenvalue weighted by Crippen LogP contribution is 2.46. The normalized spacial score (nSPS) is 14.7. The largest absolute Gasteiger partial charge is 0.416 e. The molecular weight excluding hydrogens is 431 g/mol. The van der Waals surface area contributed by atoms with E-state index in [1.807, 2.05) is 19.9 Å². The van der Waals surface area contributed by atoms with Gasteiger partial charge in [0.2, 0.25) is 6.41 Å². The molecule has 0 aliphatic carbocycles. The number of carbonyl (C=O) groups excluding carboxylic acids is 2. The van der Waals surface area contributed by atoms with Crippen molar-refractivity contribution in [1.82, 2.24) is 10.9 Å². The number of nitrogens with zero attached hydrogens (tertiary/aromatic N) is 1. The summed E-state index contributed by atoms with van der Waals surface area (Å²) in [5, 5.41) is 0. The van der Waals surface area contributed by atoms with Crippen LogP contribution in [0.4, 0.5) is 24.5 Å². The summed E-state index contributed by atoms with van der Waals surface area (Å²) < 4.78 is 40.6. The predicted octanol–water partition coefficient (Wildman–Crippen LogP) is 5.12. The highest BCUT2D eigenvalue weighted by molar-refractivity contribution is 6.39. The lowest BCUT2D eigenvalue weighted by Crippen LogP contribution is -2.31. The Hall–Kier alpha value is -4.07. The van der Waals surface area contributed by atoms with Gasteiger partial charge in [-0.3, -0.25) is 25.3 Å². The van der Waals surface area contributed by atoms with Crippen molar-refractivity contribution in [3.63, 3.8) is 0 Å². The number of hydrogen-bond acceptors (Lipinski definition) is 3. The molecule has 2 N–H and O–H groups in total. The highest BCUT2D eigenvalue weighted by atomic mass is 19.4.